The zero-order valence-corrected chi connectivity index (χ0v) is 21.2. The molecule has 0 aliphatic carbocycles. The van der Waals surface area contributed by atoms with Crippen LogP contribution in [0.25, 0.3) is 0 Å². The van der Waals surface area contributed by atoms with Gasteiger partial charge in [0.2, 0.25) is 0 Å². The molecule has 0 bridgehead atoms. The largest absolute Gasteiger partial charge is 0.496 e. The number of ether oxygens (including phenoxy) is 2. The summed E-state index contributed by atoms with van der Waals surface area (Å²) < 4.78 is 39.3. The molecule has 0 spiro atoms. The van der Waals surface area contributed by atoms with Gasteiger partial charge < -0.3 is 24.8 Å². The molecule has 3 aromatic carbocycles. The summed E-state index contributed by atoms with van der Waals surface area (Å²) in [6.45, 7) is 0.669. The molecule has 1 atom stereocenters. The molecule has 0 fully saturated rings. The van der Waals surface area contributed by atoms with Crippen molar-refractivity contribution in [1.82, 2.24) is 10.2 Å². The van der Waals surface area contributed by atoms with Gasteiger partial charge in [-0.15, -0.1) is 0 Å². The Morgan fingerprint density at radius 3 is 2.22 bits per heavy atom. The second-order valence-corrected chi connectivity index (χ2v) is 8.84. The Labute approximate surface area is 214 Å². The predicted molar refractivity (Wildman–Crippen MR) is 135 cm³/mol. The van der Waals surface area contributed by atoms with Gasteiger partial charge in [0.15, 0.2) is 0 Å². The van der Waals surface area contributed by atoms with Crippen molar-refractivity contribution in [2.45, 2.75) is 25.4 Å². The molecule has 196 valence electrons. The van der Waals surface area contributed by atoms with E-state index in [4.69, 9.17) is 9.47 Å². The lowest BCUT2D eigenvalue weighted by molar-refractivity contribution is -0.139. The van der Waals surface area contributed by atoms with Crippen LogP contribution in [0, 0.1) is 11.6 Å². The van der Waals surface area contributed by atoms with Crippen molar-refractivity contribution in [3.8, 4) is 11.5 Å². The Hall–Kier alpha value is -3.98. The summed E-state index contributed by atoms with van der Waals surface area (Å²) in [4.78, 5) is 26.4. The maximum Gasteiger partial charge on any atom is 0.326 e. The van der Waals surface area contributed by atoms with E-state index in [1.54, 1.807) is 26.4 Å². The average molecular weight is 513 g/mol. The lowest BCUT2D eigenvalue weighted by Crippen LogP contribution is -2.43. The Morgan fingerprint density at radius 1 is 0.973 bits per heavy atom. The monoisotopic (exact) mass is 512 g/mol. The van der Waals surface area contributed by atoms with Crippen LogP contribution >= 0.6 is 0 Å². The summed E-state index contributed by atoms with van der Waals surface area (Å²) in [6, 6.07) is 12.7. The van der Waals surface area contributed by atoms with Crippen LogP contribution in [0.5, 0.6) is 11.5 Å². The normalized spacial score (nSPS) is 11.8. The van der Waals surface area contributed by atoms with Gasteiger partial charge in [0.1, 0.15) is 34.7 Å². The minimum Gasteiger partial charge on any atom is -0.496 e. The third-order valence-corrected chi connectivity index (χ3v) is 5.82. The third-order valence-electron chi connectivity index (χ3n) is 5.82. The summed E-state index contributed by atoms with van der Waals surface area (Å²) in [5, 5.41) is 11.9. The molecule has 1 amide bonds. The zero-order valence-electron chi connectivity index (χ0n) is 21.2. The minimum absolute atomic E-state index is 0.0834. The standard InChI is InChI=1S/C28H30F2N2O5/c1-32(2)16-19-11-12-24(36-3)20(26(19)37-4)14-17-7-5-8-18(13-17)15-23(28(34)35)31-27(33)25-21(29)9-6-10-22(25)30/h5-13,23H,14-16H2,1-4H3,(H,31,33)(H,34,35)/t23-/m0/s1. The van der Waals surface area contributed by atoms with E-state index in [1.165, 1.54) is 0 Å². The second kappa shape index (κ2) is 12.3. The number of amides is 1. The molecule has 9 heteroatoms. The lowest BCUT2D eigenvalue weighted by Gasteiger charge is -2.20. The molecule has 0 aliphatic heterocycles. The van der Waals surface area contributed by atoms with Crippen molar-refractivity contribution < 1.29 is 33.0 Å². The molecule has 0 radical (unpaired) electrons. The number of methoxy groups -OCH3 is 2. The van der Waals surface area contributed by atoms with Gasteiger partial charge in [0.25, 0.3) is 5.91 Å². The molecule has 0 heterocycles. The first-order chi connectivity index (χ1) is 17.6. The number of nitrogens with zero attached hydrogens (tertiary/aromatic N) is 1. The van der Waals surface area contributed by atoms with E-state index >= 15 is 0 Å². The molecule has 0 aliphatic rings. The number of nitrogens with one attached hydrogen (secondary N) is 1. The van der Waals surface area contributed by atoms with Crippen molar-refractivity contribution in [3.63, 3.8) is 0 Å². The number of carbonyl (C=O) groups excluding carboxylic acids is 1. The van der Waals surface area contributed by atoms with Gasteiger partial charge in [-0.3, -0.25) is 4.79 Å². The summed E-state index contributed by atoms with van der Waals surface area (Å²) in [7, 11) is 7.11. The molecular weight excluding hydrogens is 482 g/mol. The first-order valence-electron chi connectivity index (χ1n) is 11.6. The molecule has 3 rings (SSSR count). The lowest BCUT2D eigenvalue weighted by atomic mass is 9.96. The van der Waals surface area contributed by atoms with E-state index in [2.05, 4.69) is 5.32 Å². The summed E-state index contributed by atoms with van der Waals surface area (Å²) in [5.74, 6) is -3.22. The minimum atomic E-state index is -1.39. The van der Waals surface area contributed by atoms with E-state index in [0.29, 0.717) is 30.0 Å². The van der Waals surface area contributed by atoms with Crippen LogP contribution in [0.2, 0.25) is 0 Å². The SMILES string of the molecule is COc1ccc(CN(C)C)c(OC)c1Cc1cccc(C[C@H](NC(=O)c2c(F)cccc2F)C(=O)O)c1. The van der Waals surface area contributed by atoms with Crippen LogP contribution in [-0.2, 0) is 24.2 Å². The van der Waals surface area contributed by atoms with E-state index in [9.17, 15) is 23.5 Å². The highest BCUT2D eigenvalue weighted by Crippen LogP contribution is 2.35. The maximum atomic E-state index is 14.0. The summed E-state index contributed by atoms with van der Waals surface area (Å²) in [6.07, 6.45) is 0.367. The number of carboxylic acids is 1. The number of halogens is 2. The van der Waals surface area contributed by atoms with Crippen LogP contribution in [0.1, 0.15) is 32.6 Å². The van der Waals surface area contributed by atoms with Crippen molar-refractivity contribution in [3.05, 3.63) is 94.0 Å². The highest BCUT2D eigenvalue weighted by atomic mass is 19.1. The molecule has 0 unspecified atom stereocenters. The molecular formula is C28H30F2N2O5. The quantitative estimate of drug-likeness (QED) is 0.403. The van der Waals surface area contributed by atoms with Gasteiger partial charge in [-0.05, 0) is 43.4 Å². The first-order valence-corrected chi connectivity index (χ1v) is 11.6. The average Bonchev–Trinajstić information content (AvgIpc) is 2.83. The highest BCUT2D eigenvalue weighted by molar-refractivity contribution is 5.97. The van der Waals surface area contributed by atoms with Gasteiger partial charge in [-0.1, -0.05) is 36.4 Å². The fourth-order valence-corrected chi connectivity index (χ4v) is 4.19. The summed E-state index contributed by atoms with van der Waals surface area (Å²) >= 11 is 0. The smallest absolute Gasteiger partial charge is 0.326 e. The number of hydrogen-bond acceptors (Lipinski definition) is 5. The Balaban J connectivity index is 1.86. The molecule has 37 heavy (non-hydrogen) atoms. The number of benzene rings is 3. The van der Waals surface area contributed by atoms with Crippen molar-refractivity contribution in [2.24, 2.45) is 0 Å². The first kappa shape index (κ1) is 27.6. The zero-order chi connectivity index (χ0) is 27.1. The van der Waals surface area contributed by atoms with Crippen molar-refractivity contribution >= 4 is 11.9 Å². The second-order valence-electron chi connectivity index (χ2n) is 8.84. The fourth-order valence-electron chi connectivity index (χ4n) is 4.19. The van der Waals surface area contributed by atoms with E-state index in [0.717, 1.165) is 34.9 Å². The van der Waals surface area contributed by atoms with Gasteiger partial charge in [-0.2, -0.15) is 0 Å². The number of carboxylic acid groups (broad SMARTS) is 1. The van der Waals surface area contributed by atoms with Gasteiger partial charge in [0.05, 0.1) is 14.2 Å². The van der Waals surface area contributed by atoms with Crippen LogP contribution in [0.15, 0.2) is 54.6 Å². The van der Waals surface area contributed by atoms with E-state index in [1.807, 2.05) is 43.3 Å². The molecule has 0 saturated carbocycles. The highest BCUT2D eigenvalue weighted by Gasteiger charge is 2.25. The van der Waals surface area contributed by atoms with Gasteiger partial charge >= 0.3 is 5.97 Å². The van der Waals surface area contributed by atoms with E-state index < -0.39 is 35.1 Å². The Morgan fingerprint density at radius 2 is 1.62 bits per heavy atom. The van der Waals surface area contributed by atoms with Gasteiger partial charge in [-0.25, -0.2) is 13.6 Å². The topological polar surface area (TPSA) is 88.1 Å². The van der Waals surface area contributed by atoms with Gasteiger partial charge in [0, 0.05) is 30.5 Å². The molecule has 2 N–H and O–H groups in total. The molecule has 7 nitrogen and oxygen atoms in total. The maximum absolute atomic E-state index is 14.0. The molecule has 3 aromatic rings. The number of hydrogen-bond donors (Lipinski definition) is 2. The van der Waals surface area contributed by atoms with Crippen LogP contribution in [-0.4, -0.2) is 56.2 Å². The molecule has 0 saturated heterocycles. The van der Waals surface area contributed by atoms with Crippen LogP contribution in [0.3, 0.4) is 0 Å². The summed E-state index contributed by atoms with van der Waals surface area (Å²) in [5.41, 5.74) is 2.51. The van der Waals surface area contributed by atoms with Crippen LogP contribution < -0.4 is 14.8 Å². The van der Waals surface area contributed by atoms with Crippen molar-refractivity contribution in [2.75, 3.05) is 28.3 Å². The Bertz CT molecular complexity index is 1260. The third kappa shape index (κ3) is 6.83. The predicted octanol–water partition coefficient (Wildman–Crippen LogP) is 4.06. The van der Waals surface area contributed by atoms with Crippen molar-refractivity contribution in [1.29, 1.82) is 0 Å². The Kier molecular flexibility index (Phi) is 9.19. The molecule has 0 aromatic heterocycles. The number of carbonyl (C=O) groups is 2. The van der Waals surface area contributed by atoms with Crippen LogP contribution in [0.4, 0.5) is 8.78 Å². The number of aliphatic carboxylic acids is 1. The fraction of sp³-hybridized carbons (Fsp3) is 0.286. The number of rotatable bonds is 11. The van der Waals surface area contributed by atoms with E-state index in [-0.39, 0.29) is 6.42 Å².